The van der Waals surface area contributed by atoms with E-state index in [0.717, 1.165) is 0 Å². The van der Waals surface area contributed by atoms with Crippen molar-refractivity contribution in [2.45, 2.75) is 79.6 Å². The van der Waals surface area contributed by atoms with Gasteiger partial charge in [-0.05, 0) is 55.4 Å². The summed E-state index contributed by atoms with van der Waals surface area (Å²) in [6.45, 7) is 18.8. The quantitative estimate of drug-likeness (QED) is 0.516. The molecule has 84 valence electrons. The van der Waals surface area contributed by atoms with Crippen LogP contribution in [0.3, 0.4) is 0 Å². The van der Waals surface area contributed by atoms with Gasteiger partial charge in [0.2, 0.25) is 0 Å². The Bertz CT molecular complexity index is 113. The molecule has 0 aromatic carbocycles. The van der Waals surface area contributed by atoms with Crippen LogP contribution < -0.4 is 0 Å². The Labute approximate surface area is 106 Å². The molecule has 0 rings (SSSR count). The summed E-state index contributed by atoms with van der Waals surface area (Å²) in [5, 5.41) is 0. The Morgan fingerprint density at radius 2 is 0.643 bits per heavy atom. The van der Waals surface area contributed by atoms with E-state index in [2.05, 4.69) is 55.4 Å². The molecular weight excluding hydrogens is 206 g/mol. The molecule has 0 N–H and O–H groups in total. The summed E-state index contributed by atoms with van der Waals surface area (Å²) in [4.78, 5) is 0. The van der Waals surface area contributed by atoms with Crippen molar-refractivity contribution in [3.63, 3.8) is 0 Å². The SMILES string of the molecule is CC(C)[N+](C(C)C)(C(C)C)C(C)C.[Ti]. The minimum atomic E-state index is 0. The van der Waals surface area contributed by atoms with Crippen molar-refractivity contribution in [2.75, 3.05) is 0 Å². The average molecular weight is 234 g/mol. The molecule has 14 heavy (non-hydrogen) atoms. The molecule has 0 saturated heterocycles. The first-order valence-electron chi connectivity index (χ1n) is 5.65. The number of hydrogen-bond acceptors (Lipinski definition) is 0. The van der Waals surface area contributed by atoms with E-state index in [9.17, 15) is 0 Å². The largest absolute Gasteiger partial charge is 0.316 e. The Morgan fingerprint density at radius 3 is 0.643 bits per heavy atom. The Morgan fingerprint density at radius 1 is 0.500 bits per heavy atom. The van der Waals surface area contributed by atoms with E-state index in [1.54, 1.807) is 0 Å². The Balaban J connectivity index is 0. The van der Waals surface area contributed by atoms with Gasteiger partial charge >= 0.3 is 0 Å². The minimum absolute atomic E-state index is 0. The van der Waals surface area contributed by atoms with Gasteiger partial charge in [-0.1, -0.05) is 0 Å². The first kappa shape index (κ1) is 17.1. The van der Waals surface area contributed by atoms with E-state index < -0.39 is 0 Å². The molecule has 0 aromatic rings. The first-order chi connectivity index (χ1) is 5.77. The third-order valence-electron chi connectivity index (χ3n) is 3.58. The summed E-state index contributed by atoms with van der Waals surface area (Å²) in [7, 11) is 0. The van der Waals surface area contributed by atoms with E-state index in [4.69, 9.17) is 0 Å². The Kier molecular flexibility index (Phi) is 7.69. The summed E-state index contributed by atoms with van der Waals surface area (Å²) in [5.41, 5.74) is 0. The van der Waals surface area contributed by atoms with E-state index in [1.165, 1.54) is 4.48 Å². The molecule has 0 aliphatic carbocycles. The van der Waals surface area contributed by atoms with Crippen LogP contribution in [0.1, 0.15) is 55.4 Å². The van der Waals surface area contributed by atoms with Gasteiger partial charge in [-0.25, -0.2) is 0 Å². The zero-order chi connectivity index (χ0) is 10.8. The van der Waals surface area contributed by atoms with Gasteiger partial charge in [-0.15, -0.1) is 0 Å². The van der Waals surface area contributed by atoms with Crippen LogP contribution in [-0.2, 0) is 21.7 Å². The van der Waals surface area contributed by atoms with Crippen LogP contribution in [-0.4, -0.2) is 28.7 Å². The second-order valence-electron chi connectivity index (χ2n) is 5.27. The summed E-state index contributed by atoms with van der Waals surface area (Å²) >= 11 is 0. The van der Waals surface area contributed by atoms with Gasteiger partial charge in [-0.3, -0.25) is 0 Å². The molecule has 0 aliphatic rings. The maximum atomic E-state index is 2.35. The van der Waals surface area contributed by atoms with Crippen molar-refractivity contribution >= 4 is 0 Å². The molecule has 0 spiro atoms. The van der Waals surface area contributed by atoms with Gasteiger partial charge in [0.25, 0.3) is 0 Å². The van der Waals surface area contributed by atoms with Crippen molar-refractivity contribution in [2.24, 2.45) is 0 Å². The van der Waals surface area contributed by atoms with Crippen molar-refractivity contribution in [3.8, 4) is 0 Å². The third kappa shape index (κ3) is 2.84. The standard InChI is InChI=1S/C12H28N.Ti/c1-9(2)13(10(3)4,11(5)6)12(7)8;/h9-12H,1-8H3;/q+1;. The van der Waals surface area contributed by atoms with Crippen molar-refractivity contribution in [1.82, 2.24) is 0 Å². The molecule has 0 unspecified atom stereocenters. The zero-order valence-electron chi connectivity index (χ0n) is 11.3. The molecular formula is C12H28NTi+. The minimum Gasteiger partial charge on any atom is -0.316 e. The number of rotatable bonds is 4. The summed E-state index contributed by atoms with van der Waals surface area (Å²) in [5.74, 6) is 0. The second kappa shape index (κ2) is 6.30. The topological polar surface area (TPSA) is 0 Å². The zero-order valence-corrected chi connectivity index (χ0v) is 12.8. The number of hydrogen-bond donors (Lipinski definition) is 0. The molecule has 0 fully saturated rings. The molecule has 0 atom stereocenters. The van der Waals surface area contributed by atoms with Crippen LogP contribution in [0, 0.1) is 0 Å². The number of nitrogens with zero attached hydrogens (tertiary/aromatic N) is 1. The average Bonchev–Trinajstić information content (AvgIpc) is 1.82. The normalized spacial score (nSPS) is 12.9. The predicted octanol–water partition coefficient (Wildman–Crippen LogP) is 3.43. The molecule has 0 saturated carbocycles. The summed E-state index contributed by atoms with van der Waals surface area (Å²) < 4.78 is 1.22. The molecule has 0 aromatic heterocycles. The van der Waals surface area contributed by atoms with Crippen LogP contribution in [0.4, 0.5) is 0 Å². The van der Waals surface area contributed by atoms with Crippen LogP contribution >= 0.6 is 0 Å². The summed E-state index contributed by atoms with van der Waals surface area (Å²) in [6.07, 6.45) is 0. The van der Waals surface area contributed by atoms with Crippen LogP contribution in [0.25, 0.3) is 0 Å². The molecule has 0 bridgehead atoms. The fourth-order valence-electron chi connectivity index (χ4n) is 3.58. The maximum Gasteiger partial charge on any atom is 0.0839 e. The van der Waals surface area contributed by atoms with Gasteiger partial charge in [0, 0.05) is 21.7 Å². The van der Waals surface area contributed by atoms with Crippen molar-refractivity contribution < 1.29 is 26.2 Å². The van der Waals surface area contributed by atoms with Crippen LogP contribution in [0.15, 0.2) is 0 Å². The molecule has 2 heteroatoms. The fraction of sp³-hybridized carbons (Fsp3) is 1.00. The van der Waals surface area contributed by atoms with E-state index in [-0.39, 0.29) is 21.7 Å². The first-order valence-corrected chi connectivity index (χ1v) is 5.65. The number of quaternary nitrogens is 1. The van der Waals surface area contributed by atoms with E-state index in [1.807, 2.05) is 0 Å². The van der Waals surface area contributed by atoms with Gasteiger partial charge in [-0.2, -0.15) is 0 Å². The predicted molar refractivity (Wildman–Crippen MR) is 60.8 cm³/mol. The summed E-state index contributed by atoms with van der Waals surface area (Å²) in [6, 6.07) is 2.83. The van der Waals surface area contributed by atoms with Crippen LogP contribution in [0.2, 0.25) is 0 Å². The molecule has 0 radical (unpaired) electrons. The Hall–Kier alpha value is 0.674. The smallest absolute Gasteiger partial charge is 0.0839 e. The van der Waals surface area contributed by atoms with Gasteiger partial charge in [0.15, 0.2) is 0 Å². The second-order valence-corrected chi connectivity index (χ2v) is 5.27. The van der Waals surface area contributed by atoms with Gasteiger partial charge in [0.05, 0.1) is 24.2 Å². The molecule has 0 aliphatic heterocycles. The molecule has 0 heterocycles. The maximum absolute atomic E-state index is 2.35. The van der Waals surface area contributed by atoms with Crippen molar-refractivity contribution in [3.05, 3.63) is 0 Å². The fourth-order valence-corrected chi connectivity index (χ4v) is 3.58. The van der Waals surface area contributed by atoms with Crippen molar-refractivity contribution in [1.29, 1.82) is 0 Å². The van der Waals surface area contributed by atoms with E-state index >= 15 is 0 Å². The van der Waals surface area contributed by atoms with Gasteiger partial charge in [0.1, 0.15) is 0 Å². The molecule has 1 nitrogen and oxygen atoms in total. The monoisotopic (exact) mass is 234 g/mol. The van der Waals surface area contributed by atoms with Gasteiger partial charge < -0.3 is 4.48 Å². The third-order valence-corrected chi connectivity index (χ3v) is 3.58. The van der Waals surface area contributed by atoms with Crippen LogP contribution in [0.5, 0.6) is 0 Å². The molecule has 0 amide bonds. The van der Waals surface area contributed by atoms with E-state index in [0.29, 0.717) is 24.2 Å².